The molecule has 0 aliphatic rings. The molecule has 28 heavy (non-hydrogen) atoms. The van der Waals surface area contributed by atoms with Crippen LogP contribution in [0, 0.1) is 0 Å². The molecule has 4 nitrogen and oxygen atoms in total. The van der Waals surface area contributed by atoms with Crippen molar-refractivity contribution in [3.05, 3.63) is 101 Å². The second kappa shape index (κ2) is 8.11. The van der Waals surface area contributed by atoms with Crippen LogP contribution in [0.2, 0.25) is 5.02 Å². The van der Waals surface area contributed by atoms with Crippen LogP contribution in [0.3, 0.4) is 0 Å². The molecule has 0 aliphatic carbocycles. The molecule has 2 heterocycles. The van der Waals surface area contributed by atoms with Crippen LogP contribution in [0.15, 0.2) is 89.7 Å². The van der Waals surface area contributed by atoms with Crippen LogP contribution in [0.5, 0.6) is 0 Å². The van der Waals surface area contributed by atoms with Crippen molar-refractivity contribution in [1.82, 2.24) is 10.3 Å². The van der Waals surface area contributed by atoms with Gasteiger partial charge in [-0.3, -0.25) is 9.78 Å². The van der Waals surface area contributed by atoms with E-state index in [4.69, 9.17) is 16.0 Å². The third-order valence-corrected chi connectivity index (χ3v) is 4.59. The standard InChI is InChI=1S/C23H17ClN2O2/c24-20-4-1-3-19(14-20)17-6-8-18(9-7-17)23(27)26-15-16-10-11-25-21(13-16)22-5-2-12-28-22/h1-14H,15H2,(H,26,27). The summed E-state index contributed by atoms with van der Waals surface area (Å²) in [7, 11) is 0. The molecule has 4 aromatic rings. The maximum atomic E-state index is 12.5. The van der Waals surface area contributed by atoms with Crippen LogP contribution in [0.4, 0.5) is 0 Å². The van der Waals surface area contributed by atoms with Crippen LogP contribution in [-0.2, 0) is 6.54 Å². The molecule has 1 amide bonds. The second-order valence-corrected chi connectivity index (χ2v) is 6.73. The van der Waals surface area contributed by atoms with Crippen LogP contribution in [0.25, 0.3) is 22.6 Å². The fourth-order valence-electron chi connectivity index (χ4n) is 2.91. The topological polar surface area (TPSA) is 55.1 Å². The molecule has 0 radical (unpaired) electrons. The summed E-state index contributed by atoms with van der Waals surface area (Å²) in [5, 5.41) is 3.62. The summed E-state index contributed by atoms with van der Waals surface area (Å²) >= 11 is 6.05. The lowest BCUT2D eigenvalue weighted by Gasteiger charge is -2.08. The summed E-state index contributed by atoms with van der Waals surface area (Å²) < 4.78 is 5.37. The molecule has 4 rings (SSSR count). The molecule has 0 spiro atoms. The van der Waals surface area contributed by atoms with Crippen molar-refractivity contribution in [1.29, 1.82) is 0 Å². The van der Waals surface area contributed by atoms with Gasteiger partial charge >= 0.3 is 0 Å². The monoisotopic (exact) mass is 388 g/mol. The largest absolute Gasteiger partial charge is 0.463 e. The minimum absolute atomic E-state index is 0.131. The molecule has 0 saturated carbocycles. The summed E-state index contributed by atoms with van der Waals surface area (Å²) in [4.78, 5) is 16.8. The van der Waals surface area contributed by atoms with Crippen molar-refractivity contribution in [2.24, 2.45) is 0 Å². The number of hydrogen-bond acceptors (Lipinski definition) is 3. The van der Waals surface area contributed by atoms with Gasteiger partial charge in [0.2, 0.25) is 0 Å². The van der Waals surface area contributed by atoms with E-state index in [2.05, 4.69) is 10.3 Å². The van der Waals surface area contributed by atoms with Crippen molar-refractivity contribution in [3.8, 4) is 22.6 Å². The van der Waals surface area contributed by atoms with Gasteiger partial charge in [0.15, 0.2) is 5.76 Å². The molecule has 2 aromatic carbocycles. The highest BCUT2D eigenvalue weighted by Gasteiger charge is 2.08. The zero-order valence-electron chi connectivity index (χ0n) is 14.9. The fourth-order valence-corrected chi connectivity index (χ4v) is 3.10. The molecule has 0 aliphatic heterocycles. The third kappa shape index (κ3) is 4.13. The van der Waals surface area contributed by atoms with Gasteiger partial charge in [-0.25, -0.2) is 0 Å². The molecular formula is C23H17ClN2O2. The molecule has 0 atom stereocenters. The fraction of sp³-hybridized carbons (Fsp3) is 0.0435. The maximum absolute atomic E-state index is 12.5. The number of benzene rings is 2. The predicted molar refractivity (Wildman–Crippen MR) is 110 cm³/mol. The molecular weight excluding hydrogens is 372 g/mol. The SMILES string of the molecule is O=C(NCc1ccnc(-c2ccco2)c1)c1ccc(-c2cccc(Cl)c2)cc1. The Kier molecular flexibility index (Phi) is 5.22. The van der Waals surface area contributed by atoms with Gasteiger partial charge in [0.25, 0.3) is 5.91 Å². The van der Waals surface area contributed by atoms with Gasteiger partial charge in [0.1, 0.15) is 5.69 Å². The zero-order chi connectivity index (χ0) is 19.3. The number of nitrogens with one attached hydrogen (secondary N) is 1. The first-order valence-corrected chi connectivity index (χ1v) is 9.20. The van der Waals surface area contributed by atoms with Gasteiger partial charge in [-0.2, -0.15) is 0 Å². The number of carbonyl (C=O) groups excluding carboxylic acids is 1. The third-order valence-electron chi connectivity index (χ3n) is 4.36. The van der Waals surface area contributed by atoms with Gasteiger partial charge in [0, 0.05) is 23.3 Å². The summed E-state index contributed by atoms with van der Waals surface area (Å²) in [5.74, 6) is 0.568. The van der Waals surface area contributed by atoms with E-state index in [0.717, 1.165) is 22.4 Å². The predicted octanol–water partition coefficient (Wildman–Crippen LogP) is 5.59. The quantitative estimate of drug-likeness (QED) is 0.484. The smallest absolute Gasteiger partial charge is 0.251 e. The number of pyridine rings is 1. The Morgan fingerprint density at radius 3 is 2.57 bits per heavy atom. The number of hydrogen-bond donors (Lipinski definition) is 1. The minimum Gasteiger partial charge on any atom is -0.463 e. The summed E-state index contributed by atoms with van der Waals surface area (Å²) in [5.41, 5.74) is 4.32. The van der Waals surface area contributed by atoms with Crippen LogP contribution < -0.4 is 5.32 Å². The molecule has 0 fully saturated rings. The van der Waals surface area contributed by atoms with E-state index < -0.39 is 0 Å². The van der Waals surface area contributed by atoms with Crippen molar-refractivity contribution < 1.29 is 9.21 Å². The highest BCUT2D eigenvalue weighted by atomic mass is 35.5. The molecule has 138 valence electrons. The van der Waals surface area contributed by atoms with Crippen molar-refractivity contribution in [2.45, 2.75) is 6.54 Å². The average molecular weight is 389 g/mol. The number of halogens is 1. The van der Waals surface area contributed by atoms with Crippen molar-refractivity contribution in [3.63, 3.8) is 0 Å². The number of furan rings is 1. The Hall–Kier alpha value is -3.37. The Morgan fingerprint density at radius 2 is 1.82 bits per heavy atom. The first-order chi connectivity index (χ1) is 13.7. The second-order valence-electron chi connectivity index (χ2n) is 6.30. The van der Waals surface area contributed by atoms with Gasteiger partial charge in [0.05, 0.1) is 6.26 Å². The number of nitrogens with zero attached hydrogens (tertiary/aromatic N) is 1. The Balaban J connectivity index is 1.42. The first kappa shape index (κ1) is 18.0. The number of amides is 1. The Bertz CT molecular complexity index is 1090. The van der Waals surface area contributed by atoms with Crippen LogP contribution >= 0.6 is 11.6 Å². The van der Waals surface area contributed by atoms with E-state index in [9.17, 15) is 4.79 Å². The summed E-state index contributed by atoms with van der Waals surface area (Å²) in [6.45, 7) is 0.408. The molecule has 0 bridgehead atoms. The van der Waals surface area contributed by atoms with Gasteiger partial charge in [-0.15, -0.1) is 0 Å². The van der Waals surface area contributed by atoms with Gasteiger partial charge in [-0.1, -0.05) is 35.9 Å². The van der Waals surface area contributed by atoms with Crippen LogP contribution in [-0.4, -0.2) is 10.9 Å². The molecule has 2 aromatic heterocycles. The summed E-state index contributed by atoms with van der Waals surface area (Å²) in [6.07, 6.45) is 3.32. The zero-order valence-corrected chi connectivity index (χ0v) is 15.7. The van der Waals surface area contributed by atoms with E-state index in [1.807, 2.05) is 72.8 Å². The van der Waals surface area contributed by atoms with E-state index in [-0.39, 0.29) is 5.91 Å². The number of rotatable bonds is 5. The van der Waals surface area contributed by atoms with Crippen molar-refractivity contribution >= 4 is 17.5 Å². The first-order valence-electron chi connectivity index (χ1n) is 8.82. The summed E-state index contributed by atoms with van der Waals surface area (Å²) in [6, 6.07) is 22.5. The molecule has 1 N–H and O–H groups in total. The van der Waals surface area contributed by atoms with E-state index in [1.54, 1.807) is 12.5 Å². The highest BCUT2D eigenvalue weighted by Crippen LogP contribution is 2.23. The number of carbonyl (C=O) groups is 1. The molecule has 0 unspecified atom stereocenters. The Labute approximate surface area is 167 Å². The van der Waals surface area contributed by atoms with Gasteiger partial charge in [-0.05, 0) is 65.2 Å². The maximum Gasteiger partial charge on any atom is 0.251 e. The van der Waals surface area contributed by atoms with E-state index in [0.29, 0.717) is 22.9 Å². The molecule has 5 heteroatoms. The minimum atomic E-state index is -0.131. The lowest BCUT2D eigenvalue weighted by Crippen LogP contribution is -2.22. The number of aromatic nitrogens is 1. The normalized spacial score (nSPS) is 10.6. The van der Waals surface area contributed by atoms with E-state index in [1.165, 1.54) is 0 Å². The lowest BCUT2D eigenvalue weighted by molar-refractivity contribution is 0.0951. The van der Waals surface area contributed by atoms with Gasteiger partial charge < -0.3 is 9.73 Å². The van der Waals surface area contributed by atoms with Crippen molar-refractivity contribution in [2.75, 3.05) is 0 Å². The molecule has 0 saturated heterocycles. The van der Waals surface area contributed by atoms with E-state index >= 15 is 0 Å². The highest BCUT2D eigenvalue weighted by molar-refractivity contribution is 6.30. The van der Waals surface area contributed by atoms with Crippen LogP contribution in [0.1, 0.15) is 15.9 Å². The Morgan fingerprint density at radius 1 is 0.964 bits per heavy atom. The average Bonchev–Trinajstić information content (AvgIpc) is 3.27. The lowest BCUT2D eigenvalue weighted by atomic mass is 10.0.